The van der Waals surface area contributed by atoms with E-state index in [4.69, 9.17) is 6.42 Å². The molecule has 4 heteroatoms. The predicted octanol–water partition coefficient (Wildman–Crippen LogP) is 2.37. The quantitative estimate of drug-likeness (QED) is 0.671. The lowest BCUT2D eigenvalue weighted by atomic mass is 9.65. The van der Waals surface area contributed by atoms with Gasteiger partial charge in [0.15, 0.2) is 5.78 Å². The number of benzene rings is 1. The minimum absolute atomic E-state index is 0.0782. The number of carbonyl (C=O) groups is 2. The molecule has 1 aliphatic heterocycles. The summed E-state index contributed by atoms with van der Waals surface area (Å²) in [4.78, 5) is 27.7. The highest BCUT2D eigenvalue weighted by Crippen LogP contribution is 2.57. The lowest BCUT2D eigenvalue weighted by molar-refractivity contribution is -0.141. The summed E-state index contributed by atoms with van der Waals surface area (Å²) in [5.74, 6) is 0.661. The smallest absolute Gasteiger partial charge is 0.234 e. The van der Waals surface area contributed by atoms with Crippen LogP contribution < -0.4 is 4.90 Å². The maximum Gasteiger partial charge on any atom is 0.234 e. The molecule has 0 radical (unpaired) electrons. The number of terminal acetylenes is 1. The number of amides is 1. The van der Waals surface area contributed by atoms with Gasteiger partial charge >= 0.3 is 0 Å². The zero-order valence-corrected chi connectivity index (χ0v) is 14.2. The molecule has 2 aliphatic rings. The van der Waals surface area contributed by atoms with Crippen molar-refractivity contribution >= 4 is 17.4 Å². The van der Waals surface area contributed by atoms with Crippen LogP contribution in [0.5, 0.6) is 0 Å². The maximum atomic E-state index is 13.2. The SMILES string of the molecule is C#C[C@]1(O)C(=O)[C@@H](CC=C)C(C)(C)[C@H]2C(=O)N(C)c3cccc1c32. The third-order valence-corrected chi connectivity index (χ3v) is 5.63. The van der Waals surface area contributed by atoms with Crippen LogP contribution >= 0.6 is 0 Å². The second-order valence-electron chi connectivity index (χ2n) is 7.19. The molecule has 0 fully saturated rings. The van der Waals surface area contributed by atoms with Gasteiger partial charge in [0.25, 0.3) is 0 Å². The first-order valence-electron chi connectivity index (χ1n) is 7.98. The van der Waals surface area contributed by atoms with Crippen LogP contribution in [0.15, 0.2) is 30.9 Å². The van der Waals surface area contributed by atoms with Gasteiger partial charge in [-0.05, 0) is 23.5 Å². The topological polar surface area (TPSA) is 57.6 Å². The second kappa shape index (κ2) is 5.06. The molecular formula is C20H21NO3. The van der Waals surface area contributed by atoms with Crippen LogP contribution in [-0.4, -0.2) is 23.8 Å². The van der Waals surface area contributed by atoms with Gasteiger partial charge in [-0.2, -0.15) is 0 Å². The Morgan fingerprint density at radius 1 is 1.42 bits per heavy atom. The van der Waals surface area contributed by atoms with Gasteiger partial charge in [-0.3, -0.25) is 9.59 Å². The van der Waals surface area contributed by atoms with Crippen LogP contribution in [0.2, 0.25) is 0 Å². The highest BCUT2D eigenvalue weighted by molar-refractivity contribution is 6.08. The van der Waals surface area contributed by atoms with Gasteiger partial charge < -0.3 is 10.0 Å². The third-order valence-electron chi connectivity index (χ3n) is 5.63. The molecule has 4 nitrogen and oxygen atoms in total. The fraction of sp³-hybridized carbons (Fsp3) is 0.400. The molecule has 1 heterocycles. The van der Waals surface area contributed by atoms with E-state index in [1.807, 2.05) is 19.9 Å². The molecule has 0 saturated carbocycles. The van der Waals surface area contributed by atoms with Crippen molar-refractivity contribution in [1.29, 1.82) is 0 Å². The molecule has 1 aromatic carbocycles. The fourth-order valence-corrected chi connectivity index (χ4v) is 4.24. The first kappa shape index (κ1) is 16.5. The average Bonchev–Trinajstić information content (AvgIpc) is 2.80. The third kappa shape index (κ3) is 1.79. The highest BCUT2D eigenvalue weighted by atomic mass is 16.3. The van der Waals surface area contributed by atoms with E-state index in [0.717, 1.165) is 0 Å². The summed E-state index contributed by atoms with van der Waals surface area (Å²) in [5.41, 5.74) is -0.989. The van der Waals surface area contributed by atoms with Crippen LogP contribution in [0.25, 0.3) is 0 Å². The van der Waals surface area contributed by atoms with Crippen LogP contribution in [0.4, 0.5) is 5.69 Å². The van der Waals surface area contributed by atoms with Gasteiger partial charge in [0.05, 0.1) is 5.92 Å². The van der Waals surface area contributed by atoms with E-state index in [1.165, 1.54) is 0 Å². The van der Waals surface area contributed by atoms with E-state index in [9.17, 15) is 14.7 Å². The van der Waals surface area contributed by atoms with Crippen molar-refractivity contribution in [3.05, 3.63) is 42.0 Å². The number of hydrogen-bond donors (Lipinski definition) is 1. The number of Topliss-reactive ketones (excluding diaryl/α,β-unsaturated/α-hetero) is 1. The minimum Gasteiger partial charge on any atom is -0.367 e. The molecule has 3 atom stereocenters. The Balaban J connectivity index is 2.42. The number of ketones is 1. The van der Waals surface area contributed by atoms with Crippen molar-refractivity contribution in [3.8, 4) is 12.3 Å². The largest absolute Gasteiger partial charge is 0.367 e. The first-order valence-corrected chi connectivity index (χ1v) is 7.98. The number of allylic oxidation sites excluding steroid dienone is 1. The number of likely N-dealkylation sites (N-methyl/N-ethyl adjacent to an activating group) is 1. The van der Waals surface area contributed by atoms with Crippen molar-refractivity contribution in [2.75, 3.05) is 11.9 Å². The molecular weight excluding hydrogens is 302 g/mol. The Morgan fingerprint density at radius 2 is 2.08 bits per heavy atom. The van der Waals surface area contributed by atoms with Crippen LogP contribution in [0.1, 0.15) is 37.3 Å². The molecule has 1 N–H and O–H groups in total. The number of carbonyl (C=O) groups excluding carboxylic acids is 2. The molecule has 0 aromatic heterocycles. The van der Waals surface area contributed by atoms with Crippen molar-refractivity contribution in [1.82, 2.24) is 0 Å². The van der Waals surface area contributed by atoms with E-state index in [-0.39, 0.29) is 5.91 Å². The molecule has 0 saturated heterocycles. The molecule has 3 rings (SSSR count). The zero-order chi connectivity index (χ0) is 17.9. The molecule has 1 aromatic rings. The van der Waals surface area contributed by atoms with E-state index < -0.39 is 28.6 Å². The van der Waals surface area contributed by atoms with E-state index in [0.29, 0.717) is 23.2 Å². The number of aliphatic hydroxyl groups is 1. The number of anilines is 1. The Labute approximate surface area is 142 Å². The highest BCUT2D eigenvalue weighted by Gasteiger charge is 2.58. The summed E-state index contributed by atoms with van der Waals surface area (Å²) >= 11 is 0. The maximum absolute atomic E-state index is 13.2. The van der Waals surface area contributed by atoms with E-state index in [1.54, 1.807) is 30.2 Å². The Hall–Kier alpha value is -2.38. The Bertz CT molecular complexity index is 802. The minimum atomic E-state index is -2.03. The lowest BCUT2D eigenvalue weighted by Crippen LogP contribution is -2.44. The van der Waals surface area contributed by atoms with E-state index in [2.05, 4.69) is 12.5 Å². The first-order chi connectivity index (χ1) is 11.2. The predicted molar refractivity (Wildman–Crippen MR) is 92.4 cm³/mol. The normalized spacial score (nSPS) is 30.5. The monoisotopic (exact) mass is 323 g/mol. The van der Waals surface area contributed by atoms with Crippen LogP contribution in [0.3, 0.4) is 0 Å². The summed E-state index contributed by atoms with van der Waals surface area (Å²) in [6.45, 7) is 7.51. The van der Waals surface area contributed by atoms with Gasteiger partial charge in [-0.15, -0.1) is 13.0 Å². The molecule has 24 heavy (non-hydrogen) atoms. The van der Waals surface area contributed by atoms with Gasteiger partial charge in [0.2, 0.25) is 11.5 Å². The van der Waals surface area contributed by atoms with Crippen LogP contribution in [0, 0.1) is 23.7 Å². The molecule has 1 aliphatic carbocycles. The number of rotatable bonds is 2. The standard InChI is InChI=1S/C20H21NO3/c1-6-9-13-17(22)20(24,7-2)12-10-8-11-14-15(12)16(19(13,3)4)18(23)21(14)5/h2,6,8,10-11,13,16,24H,1,9H2,3-5H3/t13-,16-,20-/m1/s1. The van der Waals surface area contributed by atoms with Crippen LogP contribution in [-0.2, 0) is 15.2 Å². The average molecular weight is 323 g/mol. The van der Waals surface area contributed by atoms with Crippen molar-refractivity contribution in [3.63, 3.8) is 0 Å². The summed E-state index contributed by atoms with van der Waals surface area (Å²) in [6.07, 6.45) is 7.59. The van der Waals surface area contributed by atoms with Gasteiger partial charge in [0, 0.05) is 24.2 Å². The number of hydrogen-bond acceptors (Lipinski definition) is 3. The fourth-order valence-electron chi connectivity index (χ4n) is 4.24. The van der Waals surface area contributed by atoms with Crippen molar-refractivity contribution < 1.29 is 14.7 Å². The van der Waals surface area contributed by atoms with E-state index >= 15 is 0 Å². The summed E-state index contributed by atoms with van der Waals surface area (Å²) in [7, 11) is 1.71. The van der Waals surface area contributed by atoms with Crippen molar-refractivity contribution in [2.45, 2.75) is 31.8 Å². The summed E-state index contributed by atoms with van der Waals surface area (Å²) in [6, 6.07) is 5.20. The lowest BCUT2D eigenvalue weighted by Gasteiger charge is -2.36. The molecule has 0 bridgehead atoms. The zero-order valence-electron chi connectivity index (χ0n) is 14.2. The van der Waals surface area contributed by atoms with Gasteiger partial charge in [-0.1, -0.05) is 38.0 Å². The molecule has 0 unspecified atom stereocenters. The number of nitrogens with zero attached hydrogens (tertiary/aromatic N) is 1. The molecule has 1 amide bonds. The molecule has 0 spiro atoms. The second-order valence-corrected chi connectivity index (χ2v) is 7.19. The van der Waals surface area contributed by atoms with Gasteiger partial charge in [0.1, 0.15) is 0 Å². The summed E-state index contributed by atoms with van der Waals surface area (Å²) < 4.78 is 0. The Kier molecular flexibility index (Phi) is 3.47. The summed E-state index contributed by atoms with van der Waals surface area (Å²) in [5, 5.41) is 11.1. The molecule has 124 valence electrons. The Morgan fingerprint density at radius 3 is 2.67 bits per heavy atom. The van der Waals surface area contributed by atoms with Gasteiger partial charge in [-0.25, -0.2) is 0 Å². The van der Waals surface area contributed by atoms with Crippen molar-refractivity contribution in [2.24, 2.45) is 11.3 Å².